The zero-order chi connectivity index (χ0) is 12.1. The summed E-state index contributed by atoms with van der Waals surface area (Å²) in [6, 6.07) is 1.81. The maximum atomic E-state index is 5.60. The molecule has 1 saturated heterocycles. The maximum absolute atomic E-state index is 5.60. The first-order valence-electron chi connectivity index (χ1n) is 5.95. The monoisotopic (exact) mass is 237 g/mol. The molecule has 1 aliphatic rings. The maximum Gasteiger partial charge on any atom is 0.240 e. The molecule has 2 rings (SSSR count). The highest BCUT2D eigenvalue weighted by atomic mass is 16.5. The minimum absolute atomic E-state index is 0.390. The van der Waals surface area contributed by atoms with Crippen LogP contribution in [0.2, 0.25) is 0 Å². The van der Waals surface area contributed by atoms with E-state index >= 15 is 0 Å². The van der Waals surface area contributed by atoms with Gasteiger partial charge in [-0.15, -0.1) is 0 Å². The van der Waals surface area contributed by atoms with E-state index in [1.807, 2.05) is 13.0 Å². The van der Waals surface area contributed by atoms with Crippen molar-refractivity contribution >= 4 is 5.95 Å². The number of nitrogens with zero attached hydrogens (tertiary/aromatic N) is 3. The van der Waals surface area contributed by atoms with Crippen LogP contribution in [0.4, 0.5) is 5.95 Å². The van der Waals surface area contributed by atoms with Gasteiger partial charge in [0.15, 0.2) is 0 Å². The van der Waals surface area contributed by atoms with E-state index in [4.69, 9.17) is 10.6 Å². The lowest BCUT2D eigenvalue weighted by molar-refractivity contribution is 0.232. The summed E-state index contributed by atoms with van der Waals surface area (Å²) in [4.78, 5) is 10.6. The molecule has 94 valence electrons. The van der Waals surface area contributed by atoms with Crippen molar-refractivity contribution in [1.82, 2.24) is 14.9 Å². The standard InChI is InChI=1S/C11H19N5O/c1-9-8-10(14-11(13-9)15-12)17-7-6-16-4-2-3-5-16/h8H,2-7,12H2,1H3,(H,13,14,15). The molecule has 3 N–H and O–H groups in total. The molecule has 0 aliphatic carbocycles. The number of nitrogen functional groups attached to an aromatic ring is 1. The fourth-order valence-corrected chi connectivity index (χ4v) is 1.96. The van der Waals surface area contributed by atoms with Gasteiger partial charge < -0.3 is 4.74 Å². The van der Waals surface area contributed by atoms with E-state index in [9.17, 15) is 0 Å². The van der Waals surface area contributed by atoms with Crippen LogP contribution in [0.5, 0.6) is 5.88 Å². The zero-order valence-corrected chi connectivity index (χ0v) is 10.1. The van der Waals surface area contributed by atoms with Crippen LogP contribution in [0, 0.1) is 6.92 Å². The number of hydrogen-bond acceptors (Lipinski definition) is 6. The Bertz CT molecular complexity index is 365. The van der Waals surface area contributed by atoms with Gasteiger partial charge in [0.05, 0.1) is 0 Å². The molecule has 1 fully saturated rings. The summed E-state index contributed by atoms with van der Waals surface area (Å²) in [6.07, 6.45) is 2.60. The van der Waals surface area contributed by atoms with Crippen LogP contribution in [0.15, 0.2) is 6.07 Å². The Hall–Kier alpha value is -1.40. The van der Waals surface area contributed by atoms with E-state index in [0.717, 1.165) is 12.2 Å². The lowest BCUT2D eigenvalue weighted by Crippen LogP contribution is -2.25. The number of rotatable bonds is 5. The lowest BCUT2D eigenvalue weighted by atomic mass is 10.4. The number of aryl methyl sites for hydroxylation is 1. The highest BCUT2D eigenvalue weighted by Gasteiger charge is 2.11. The molecule has 0 bridgehead atoms. The van der Waals surface area contributed by atoms with E-state index < -0.39 is 0 Å². The summed E-state index contributed by atoms with van der Waals surface area (Å²) in [7, 11) is 0. The van der Waals surface area contributed by atoms with Crippen LogP contribution >= 0.6 is 0 Å². The predicted octanol–water partition coefficient (Wildman–Crippen LogP) is 0.545. The first-order chi connectivity index (χ1) is 8.28. The second-order valence-corrected chi connectivity index (χ2v) is 4.21. The van der Waals surface area contributed by atoms with E-state index in [2.05, 4.69) is 20.3 Å². The summed E-state index contributed by atoms with van der Waals surface area (Å²) in [6.45, 7) is 5.86. The average Bonchev–Trinajstić information content (AvgIpc) is 2.81. The van der Waals surface area contributed by atoms with Crippen molar-refractivity contribution in [2.45, 2.75) is 19.8 Å². The molecule has 2 heterocycles. The fraction of sp³-hybridized carbons (Fsp3) is 0.636. The Morgan fingerprint density at radius 2 is 2.18 bits per heavy atom. The van der Waals surface area contributed by atoms with Gasteiger partial charge in [-0.1, -0.05) is 0 Å². The Morgan fingerprint density at radius 1 is 1.41 bits per heavy atom. The van der Waals surface area contributed by atoms with Crippen molar-refractivity contribution in [3.8, 4) is 5.88 Å². The van der Waals surface area contributed by atoms with Gasteiger partial charge in [0, 0.05) is 18.3 Å². The molecule has 1 aromatic heterocycles. The molecule has 0 saturated carbocycles. The van der Waals surface area contributed by atoms with Gasteiger partial charge in [-0.3, -0.25) is 10.3 Å². The van der Waals surface area contributed by atoms with Crippen molar-refractivity contribution in [3.05, 3.63) is 11.8 Å². The summed E-state index contributed by atoms with van der Waals surface area (Å²) in [5.74, 6) is 6.24. The molecule has 0 unspecified atom stereocenters. The van der Waals surface area contributed by atoms with Gasteiger partial charge in [0.1, 0.15) is 6.61 Å². The van der Waals surface area contributed by atoms with Crippen LogP contribution < -0.4 is 16.0 Å². The third kappa shape index (κ3) is 3.54. The van der Waals surface area contributed by atoms with Crippen LogP contribution in [0.25, 0.3) is 0 Å². The second kappa shape index (κ2) is 5.79. The smallest absolute Gasteiger partial charge is 0.240 e. The Labute approximate surface area is 101 Å². The first-order valence-corrected chi connectivity index (χ1v) is 5.95. The summed E-state index contributed by atoms with van der Waals surface area (Å²) >= 11 is 0. The number of anilines is 1. The lowest BCUT2D eigenvalue weighted by Gasteiger charge is -2.14. The van der Waals surface area contributed by atoms with E-state index in [1.54, 1.807) is 0 Å². The van der Waals surface area contributed by atoms with Crippen molar-refractivity contribution in [2.24, 2.45) is 5.84 Å². The number of hydrazine groups is 1. The number of nitrogens with two attached hydrogens (primary N) is 1. The highest BCUT2D eigenvalue weighted by Crippen LogP contribution is 2.12. The molecule has 6 heteroatoms. The van der Waals surface area contributed by atoms with Crippen molar-refractivity contribution in [3.63, 3.8) is 0 Å². The Morgan fingerprint density at radius 3 is 2.88 bits per heavy atom. The Kier molecular flexibility index (Phi) is 4.11. The predicted molar refractivity (Wildman–Crippen MR) is 65.7 cm³/mol. The number of likely N-dealkylation sites (tertiary alicyclic amines) is 1. The number of ether oxygens (including phenoxy) is 1. The molecule has 0 spiro atoms. The minimum atomic E-state index is 0.390. The van der Waals surface area contributed by atoms with E-state index in [0.29, 0.717) is 18.4 Å². The van der Waals surface area contributed by atoms with Crippen molar-refractivity contribution in [2.75, 3.05) is 31.7 Å². The largest absolute Gasteiger partial charge is 0.476 e. The van der Waals surface area contributed by atoms with E-state index in [-0.39, 0.29) is 0 Å². The molecular weight excluding hydrogens is 218 g/mol. The van der Waals surface area contributed by atoms with Gasteiger partial charge in [-0.05, 0) is 32.9 Å². The van der Waals surface area contributed by atoms with Gasteiger partial charge in [-0.2, -0.15) is 4.98 Å². The highest BCUT2D eigenvalue weighted by molar-refractivity contribution is 5.28. The van der Waals surface area contributed by atoms with Crippen LogP contribution in [0.3, 0.4) is 0 Å². The van der Waals surface area contributed by atoms with Crippen molar-refractivity contribution in [1.29, 1.82) is 0 Å². The van der Waals surface area contributed by atoms with Crippen LogP contribution in [-0.2, 0) is 0 Å². The van der Waals surface area contributed by atoms with Gasteiger partial charge in [-0.25, -0.2) is 10.8 Å². The number of nitrogens with one attached hydrogen (secondary N) is 1. The third-order valence-corrected chi connectivity index (χ3v) is 2.82. The third-order valence-electron chi connectivity index (χ3n) is 2.82. The summed E-state index contributed by atoms with van der Waals surface area (Å²) < 4.78 is 5.60. The number of hydrogen-bond donors (Lipinski definition) is 2. The molecular formula is C11H19N5O. The molecule has 6 nitrogen and oxygen atoms in total. The SMILES string of the molecule is Cc1cc(OCCN2CCCC2)nc(NN)n1. The minimum Gasteiger partial charge on any atom is -0.476 e. The summed E-state index contributed by atoms with van der Waals surface area (Å²) in [5.41, 5.74) is 3.26. The van der Waals surface area contributed by atoms with Gasteiger partial charge >= 0.3 is 0 Å². The van der Waals surface area contributed by atoms with Gasteiger partial charge in [0.2, 0.25) is 11.8 Å². The topological polar surface area (TPSA) is 76.3 Å². The molecule has 0 amide bonds. The van der Waals surface area contributed by atoms with E-state index in [1.165, 1.54) is 25.9 Å². The Balaban J connectivity index is 1.83. The van der Waals surface area contributed by atoms with Crippen LogP contribution in [-0.4, -0.2) is 41.1 Å². The molecule has 0 radical (unpaired) electrons. The van der Waals surface area contributed by atoms with Gasteiger partial charge in [0.25, 0.3) is 0 Å². The quantitative estimate of drug-likeness (QED) is 0.575. The average molecular weight is 237 g/mol. The van der Waals surface area contributed by atoms with Crippen molar-refractivity contribution < 1.29 is 4.74 Å². The normalized spacial score (nSPS) is 16.1. The zero-order valence-electron chi connectivity index (χ0n) is 10.1. The number of aromatic nitrogens is 2. The molecule has 1 aromatic rings. The molecule has 0 atom stereocenters. The first kappa shape index (κ1) is 12.1. The van der Waals surface area contributed by atoms with Crippen LogP contribution in [0.1, 0.15) is 18.5 Å². The summed E-state index contributed by atoms with van der Waals surface area (Å²) in [5, 5.41) is 0. The second-order valence-electron chi connectivity index (χ2n) is 4.21. The fourth-order valence-electron chi connectivity index (χ4n) is 1.96. The molecule has 1 aliphatic heterocycles. The molecule has 0 aromatic carbocycles. The molecule has 17 heavy (non-hydrogen) atoms.